The number of ether oxygens (including phenoxy) is 1. The maximum Gasteiger partial charge on any atom is 0.227 e. The van der Waals surface area contributed by atoms with Gasteiger partial charge in [-0.2, -0.15) is 0 Å². The Balaban J connectivity index is 1.42. The molecule has 0 radical (unpaired) electrons. The Hall–Kier alpha value is -2.47. The standard InChI is InChI=1S/C21H26N4O2/c1-24-8-6-16(13-24)21-22-12-17-14-25(9-7-19(17)23-21)20(26)11-15-4-3-5-18(10-15)27-2/h3-5,10,12,16H,6-9,11,13-14H2,1-2H3. The molecule has 0 saturated carbocycles. The maximum absolute atomic E-state index is 12.7. The molecule has 2 aromatic rings. The van der Waals surface area contributed by atoms with Crippen molar-refractivity contribution in [3.05, 3.63) is 53.1 Å². The summed E-state index contributed by atoms with van der Waals surface area (Å²) in [6, 6.07) is 7.70. The Kier molecular flexibility index (Phi) is 5.07. The number of rotatable bonds is 4. The minimum Gasteiger partial charge on any atom is -0.497 e. The fourth-order valence-corrected chi connectivity index (χ4v) is 3.96. The van der Waals surface area contributed by atoms with Crippen molar-refractivity contribution in [2.75, 3.05) is 33.8 Å². The number of likely N-dealkylation sites (N-methyl/N-ethyl adjacent to an activating group) is 1. The molecule has 0 bridgehead atoms. The van der Waals surface area contributed by atoms with Crippen LogP contribution < -0.4 is 4.74 Å². The summed E-state index contributed by atoms with van der Waals surface area (Å²) in [5.41, 5.74) is 3.16. The summed E-state index contributed by atoms with van der Waals surface area (Å²) in [6.45, 7) is 3.46. The van der Waals surface area contributed by atoms with E-state index in [1.54, 1.807) is 7.11 Å². The minimum absolute atomic E-state index is 0.135. The maximum atomic E-state index is 12.7. The van der Waals surface area contributed by atoms with Crippen LogP contribution in [0.15, 0.2) is 30.5 Å². The van der Waals surface area contributed by atoms with E-state index < -0.39 is 0 Å². The van der Waals surface area contributed by atoms with Gasteiger partial charge in [-0.1, -0.05) is 12.1 Å². The van der Waals surface area contributed by atoms with Crippen molar-refractivity contribution >= 4 is 5.91 Å². The van der Waals surface area contributed by atoms with Gasteiger partial charge >= 0.3 is 0 Å². The molecule has 6 heteroatoms. The highest BCUT2D eigenvalue weighted by Crippen LogP contribution is 2.26. The Morgan fingerprint density at radius 1 is 1.33 bits per heavy atom. The molecule has 1 aromatic carbocycles. The molecular weight excluding hydrogens is 340 g/mol. The third kappa shape index (κ3) is 3.95. The van der Waals surface area contributed by atoms with Gasteiger partial charge in [-0.15, -0.1) is 0 Å². The van der Waals surface area contributed by atoms with Crippen LogP contribution in [0.1, 0.15) is 35.0 Å². The van der Waals surface area contributed by atoms with E-state index in [1.807, 2.05) is 35.4 Å². The number of methoxy groups -OCH3 is 1. The Bertz CT molecular complexity index is 839. The van der Waals surface area contributed by atoms with Crippen LogP contribution in [0, 0.1) is 0 Å². The van der Waals surface area contributed by atoms with E-state index >= 15 is 0 Å². The molecule has 0 N–H and O–H groups in total. The number of aromatic nitrogens is 2. The highest BCUT2D eigenvalue weighted by Gasteiger charge is 2.27. The first-order valence-electron chi connectivity index (χ1n) is 9.56. The molecule has 1 unspecified atom stereocenters. The molecule has 1 atom stereocenters. The molecule has 1 amide bonds. The third-order valence-electron chi connectivity index (χ3n) is 5.55. The number of nitrogens with zero attached hydrogens (tertiary/aromatic N) is 4. The van der Waals surface area contributed by atoms with E-state index in [2.05, 4.69) is 16.9 Å². The predicted molar refractivity (Wildman–Crippen MR) is 103 cm³/mol. The van der Waals surface area contributed by atoms with Crippen LogP contribution >= 0.6 is 0 Å². The van der Waals surface area contributed by atoms with Crippen LogP contribution in [0.3, 0.4) is 0 Å². The van der Waals surface area contributed by atoms with Gasteiger partial charge in [0.05, 0.1) is 19.2 Å². The molecule has 1 saturated heterocycles. The van der Waals surface area contributed by atoms with Crippen molar-refractivity contribution in [1.82, 2.24) is 19.8 Å². The molecule has 142 valence electrons. The zero-order chi connectivity index (χ0) is 18.8. The van der Waals surface area contributed by atoms with Gasteiger partial charge in [0, 0.05) is 43.7 Å². The monoisotopic (exact) mass is 366 g/mol. The van der Waals surface area contributed by atoms with Gasteiger partial charge < -0.3 is 14.5 Å². The molecule has 2 aliphatic heterocycles. The largest absolute Gasteiger partial charge is 0.497 e. The Labute approximate surface area is 160 Å². The molecule has 0 aliphatic carbocycles. The van der Waals surface area contributed by atoms with Gasteiger partial charge in [-0.25, -0.2) is 9.97 Å². The number of amides is 1. The zero-order valence-corrected chi connectivity index (χ0v) is 16.0. The molecule has 1 fully saturated rings. The number of likely N-dealkylation sites (tertiary alicyclic amines) is 1. The summed E-state index contributed by atoms with van der Waals surface area (Å²) in [5.74, 6) is 2.32. The van der Waals surface area contributed by atoms with Crippen molar-refractivity contribution < 1.29 is 9.53 Å². The Morgan fingerprint density at radius 3 is 3.00 bits per heavy atom. The molecule has 4 rings (SSSR count). The fraction of sp³-hybridized carbons (Fsp3) is 0.476. The number of carbonyl (C=O) groups is 1. The van der Waals surface area contributed by atoms with Crippen molar-refractivity contribution in [2.45, 2.75) is 31.7 Å². The van der Waals surface area contributed by atoms with Gasteiger partial charge in [0.15, 0.2) is 0 Å². The first kappa shape index (κ1) is 17.9. The van der Waals surface area contributed by atoms with E-state index in [-0.39, 0.29) is 5.91 Å². The van der Waals surface area contributed by atoms with Crippen molar-refractivity contribution in [1.29, 1.82) is 0 Å². The first-order valence-corrected chi connectivity index (χ1v) is 9.56. The average molecular weight is 366 g/mol. The molecule has 1 aromatic heterocycles. The SMILES string of the molecule is COc1cccc(CC(=O)N2CCc3nc(C4CCN(C)C4)ncc3C2)c1. The second kappa shape index (κ2) is 7.64. The lowest BCUT2D eigenvalue weighted by Crippen LogP contribution is -2.37. The lowest BCUT2D eigenvalue weighted by Gasteiger charge is -2.28. The number of benzene rings is 1. The summed E-state index contributed by atoms with van der Waals surface area (Å²) >= 11 is 0. The molecule has 27 heavy (non-hydrogen) atoms. The van der Waals surface area contributed by atoms with Gasteiger partial charge in [0.1, 0.15) is 11.6 Å². The van der Waals surface area contributed by atoms with Gasteiger partial charge in [-0.3, -0.25) is 4.79 Å². The van der Waals surface area contributed by atoms with E-state index in [1.165, 1.54) is 0 Å². The van der Waals surface area contributed by atoms with E-state index in [9.17, 15) is 4.79 Å². The highest BCUT2D eigenvalue weighted by molar-refractivity contribution is 5.79. The number of hydrogen-bond acceptors (Lipinski definition) is 5. The topological polar surface area (TPSA) is 58.6 Å². The molecular formula is C21H26N4O2. The lowest BCUT2D eigenvalue weighted by atomic mass is 10.0. The zero-order valence-electron chi connectivity index (χ0n) is 16.0. The summed E-state index contributed by atoms with van der Waals surface area (Å²) < 4.78 is 5.24. The summed E-state index contributed by atoms with van der Waals surface area (Å²) in [7, 11) is 3.78. The van der Waals surface area contributed by atoms with Crippen molar-refractivity contribution in [3.8, 4) is 5.75 Å². The second-order valence-corrected chi connectivity index (χ2v) is 7.54. The van der Waals surface area contributed by atoms with Crippen LogP contribution in [0.25, 0.3) is 0 Å². The highest BCUT2D eigenvalue weighted by atomic mass is 16.5. The lowest BCUT2D eigenvalue weighted by molar-refractivity contribution is -0.131. The van der Waals surface area contributed by atoms with Gasteiger partial charge in [-0.05, 0) is 37.7 Å². The van der Waals surface area contributed by atoms with Crippen LogP contribution in [0.5, 0.6) is 5.75 Å². The molecule has 6 nitrogen and oxygen atoms in total. The second-order valence-electron chi connectivity index (χ2n) is 7.54. The van der Waals surface area contributed by atoms with E-state index in [0.29, 0.717) is 18.9 Å². The van der Waals surface area contributed by atoms with Crippen LogP contribution in [0.4, 0.5) is 0 Å². The molecule has 2 aliphatic rings. The number of carbonyl (C=O) groups excluding carboxylic acids is 1. The van der Waals surface area contributed by atoms with Crippen LogP contribution in [-0.4, -0.2) is 59.5 Å². The minimum atomic E-state index is 0.135. The quantitative estimate of drug-likeness (QED) is 0.829. The normalized spacial score (nSPS) is 19.8. The van der Waals surface area contributed by atoms with Crippen molar-refractivity contribution in [2.24, 2.45) is 0 Å². The molecule has 0 spiro atoms. The smallest absolute Gasteiger partial charge is 0.227 e. The third-order valence-corrected chi connectivity index (χ3v) is 5.55. The molecule has 3 heterocycles. The summed E-state index contributed by atoms with van der Waals surface area (Å²) in [6.07, 6.45) is 4.25. The van der Waals surface area contributed by atoms with Crippen LogP contribution in [0.2, 0.25) is 0 Å². The Morgan fingerprint density at radius 2 is 2.22 bits per heavy atom. The van der Waals surface area contributed by atoms with Crippen LogP contribution in [-0.2, 0) is 24.2 Å². The average Bonchev–Trinajstić information content (AvgIpc) is 3.13. The van der Waals surface area contributed by atoms with Crippen molar-refractivity contribution in [3.63, 3.8) is 0 Å². The van der Waals surface area contributed by atoms with Gasteiger partial charge in [0.25, 0.3) is 0 Å². The summed E-state index contributed by atoms with van der Waals surface area (Å²) in [5, 5.41) is 0. The summed E-state index contributed by atoms with van der Waals surface area (Å²) in [4.78, 5) is 26.4. The van der Waals surface area contributed by atoms with E-state index in [0.717, 1.165) is 60.9 Å². The number of fused-ring (bicyclic) bond motifs is 1. The van der Waals surface area contributed by atoms with E-state index in [4.69, 9.17) is 9.72 Å². The van der Waals surface area contributed by atoms with Gasteiger partial charge in [0.2, 0.25) is 5.91 Å². The number of hydrogen-bond donors (Lipinski definition) is 0. The predicted octanol–water partition coefficient (Wildman–Crippen LogP) is 2.03. The first-order chi connectivity index (χ1) is 13.1. The fourth-order valence-electron chi connectivity index (χ4n) is 3.96.